The Morgan fingerprint density at radius 3 is 2.11 bits per heavy atom. The molecular weight excluding hydrogens is 284 g/mol. The van der Waals surface area contributed by atoms with E-state index in [1.165, 1.54) is 6.07 Å². The van der Waals surface area contributed by atoms with Crippen molar-refractivity contribution >= 4 is 33.0 Å². The molecule has 19 heavy (non-hydrogen) atoms. The molecule has 100 valence electrons. The Morgan fingerprint density at radius 2 is 1.53 bits per heavy atom. The monoisotopic (exact) mass is 296 g/mol. The van der Waals surface area contributed by atoms with Gasteiger partial charge in [-0.05, 0) is 36.4 Å². The van der Waals surface area contributed by atoms with E-state index < -0.39 is 10.0 Å². The van der Waals surface area contributed by atoms with Gasteiger partial charge in [-0.15, -0.1) is 0 Å². The Hall–Kier alpha value is -1.72. The van der Waals surface area contributed by atoms with Gasteiger partial charge in [0.1, 0.15) is 4.90 Å². The van der Waals surface area contributed by atoms with E-state index in [2.05, 4.69) is 10.0 Å². The molecule has 2 N–H and O–H groups in total. The second-order valence-electron chi connectivity index (χ2n) is 3.86. The molecule has 0 saturated carbocycles. The fourth-order valence-corrected chi connectivity index (χ4v) is 3.16. The highest BCUT2D eigenvalue weighted by molar-refractivity contribution is 7.92. The zero-order valence-corrected chi connectivity index (χ0v) is 11.8. The van der Waals surface area contributed by atoms with Crippen molar-refractivity contribution in [2.45, 2.75) is 4.90 Å². The molecule has 0 bridgehead atoms. The summed E-state index contributed by atoms with van der Waals surface area (Å²) in [5.41, 5.74) is 1.39. The van der Waals surface area contributed by atoms with E-state index in [1.54, 1.807) is 49.5 Å². The Kier molecular flexibility index (Phi) is 3.97. The van der Waals surface area contributed by atoms with E-state index in [-0.39, 0.29) is 9.92 Å². The molecular formula is C13H13ClN2O2S. The maximum absolute atomic E-state index is 12.2. The number of hydrogen-bond acceptors (Lipinski definition) is 3. The van der Waals surface area contributed by atoms with Crippen LogP contribution in [0.15, 0.2) is 53.4 Å². The largest absolute Gasteiger partial charge is 0.388 e. The first-order valence-corrected chi connectivity index (χ1v) is 7.44. The smallest absolute Gasteiger partial charge is 0.263 e. The Balaban J connectivity index is 2.28. The van der Waals surface area contributed by atoms with Crippen LogP contribution in [0.4, 0.5) is 11.4 Å². The van der Waals surface area contributed by atoms with Crippen molar-refractivity contribution in [2.24, 2.45) is 0 Å². The van der Waals surface area contributed by atoms with E-state index in [0.717, 1.165) is 5.69 Å². The molecule has 2 aromatic rings. The number of rotatable bonds is 4. The molecule has 0 radical (unpaired) electrons. The maximum Gasteiger partial charge on any atom is 0.263 e. The molecule has 0 amide bonds. The van der Waals surface area contributed by atoms with Crippen molar-refractivity contribution < 1.29 is 8.42 Å². The number of hydrogen-bond donors (Lipinski definition) is 2. The van der Waals surface area contributed by atoms with Crippen LogP contribution in [0, 0.1) is 0 Å². The van der Waals surface area contributed by atoms with Crippen molar-refractivity contribution in [2.75, 3.05) is 17.1 Å². The minimum atomic E-state index is -3.67. The van der Waals surface area contributed by atoms with Crippen molar-refractivity contribution in [1.82, 2.24) is 0 Å². The molecule has 0 heterocycles. The summed E-state index contributed by atoms with van der Waals surface area (Å²) in [5.74, 6) is 0. The molecule has 0 aliphatic rings. The lowest BCUT2D eigenvalue weighted by molar-refractivity contribution is 0.601. The minimum absolute atomic E-state index is 0.0642. The third kappa shape index (κ3) is 3.19. The minimum Gasteiger partial charge on any atom is -0.388 e. The zero-order valence-electron chi connectivity index (χ0n) is 10.2. The average molecular weight is 297 g/mol. The quantitative estimate of drug-likeness (QED) is 0.911. The number of anilines is 2. The highest BCUT2D eigenvalue weighted by atomic mass is 35.5. The van der Waals surface area contributed by atoms with E-state index in [0.29, 0.717) is 5.69 Å². The summed E-state index contributed by atoms with van der Waals surface area (Å²) in [6.45, 7) is 0. The van der Waals surface area contributed by atoms with Gasteiger partial charge in [0.25, 0.3) is 10.0 Å². The SMILES string of the molecule is CNc1ccc(NS(=O)(=O)c2ccccc2Cl)cc1. The van der Waals surface area contributed by atoms with Crippen molar-refractivity contribution in [3.8, 4) is 0 Å². The van der Waals surface area contributed by atoms with E-state index in [1.807, 2.05) is 0 Å². The van der Waals surface area contributed by atoms with Crippen LogP contribution < -0.4 is 10.0 Å². The van der Waals surface area contributed by atoms with Gasteiger partial charge < -0.3 is 5.32 Å². The first kappa shape index (κ1) is 13.7. The van der Waals surface area contributed by atoms with Crippen LogP contribution in [-0.4, -0.2) is 15.5 Å². The summed E-state index contributed by atoms with van der Waals surface area (Å²) >= 11 is 5.89. The third-order valence-corrected chi connectivity index (χ3v) is 4.43. The number of nitrogens with one attached hydrogen (secondary N) is 2. The molecule has 0 unspecified atom stereocenters. The fraction of sp³-hybridized carbons (Fsp3) is 0.0769. The lowest BCUT2D eigenvalue weighted by Gasteiger charge is -2.09. The van der Waals surface area contributed by atoms with Gasteiger partial charge in [-0.25, -0.2) is 8.42 Å². The number of benzene rings is 2. The summed E-state index contributed by atoms with van der Waals surface area (Å²) in [6, 6.07) is 13.2. The molecule has 0 aliphatic carbocycles. The van der Waals surface area contributed by atoms with Gasteiger partial charge in [-0.1, -0.05) is 23.7 Å². The van der Waals surface area contributed by atoms with Crippen LogP contribution in [-0.2, 0) is 10.0 Å². The van der Waals surface area contributed by atoms with Gasteiger partial charge >= 0.3 is 0 Å². The Morgan fingerprint density at radius 1 is 0.947 bits per heavy atom. The Bertz CT molecular complexity index is 669. The molecule has 0 fully saturated rings. The van der Waals surface area contributed by atoms with Crippen LogP contribution in [0.5, 0.6) is 0 Å². The van der Waals surface area contributed by atoms with E-state index in [9.17, 15) is 8.42 Å². The van der Waals surface area contributed by atoms with Crippen LogP contribution in [0.25, 0.3) is 0 Å². The summed E-state index contributed by atoms with van der Waals surface area (Å²) in [6.07, 6.45) is 0. The fourth-order valence-electron chi connectivity index (χ4n) is 1.58. The summed E-state index contributed by atoms with van der Waals surface area (Å²) in [7, 11) is -1.87. The summed E-state index contributed by atoms with van der Waals surface area (Å²) < 4.78 is 26.8. The first-order valence-electron chi connectivity index (χ1n) is 5.58. The second kappa shape index (κ2) is 5.50. The maximum atomic E-state index is 12.2. The molecule has 6 heteroatoms. The predicted octanol–water partition coefficient (Wildman–Crippen LogP) is 3.18. The van der Waals surface area contributed by atoms with Crippen molar-refractivity contribution in [3.05, 3.63) is 53.6 Å². The van der Waals surface area contributed by atoms with Crippen LogP contribution in [0.3, 0.4) is 0 Å². The molecule has 0 spiro atoms. The number of sulfonamides is 1. The van der Waals surface area contributed by atoms with Crippen LogP contribution >= 0.6 is 11.6 Å². The molecule has 2 rings (SSSR count). The van der Waals surface area contributed by atoms with Crippen molar-refractivity contribution in [1.29, 1.82) is 0 Å². The molecule has 2 aromatic carbocycles. The standard InChI is InChI=1S/C13H13ClN2O2S/c1-15-10-6-8-11(9-7-10)16-19(17,18)13-5-3-2-4-12(13)14/h2-9,15-16H,1H3. The third-order valence-electron chi connectivity index (χ3n) is 2.55. The molecule has 4 nitrogen and oxygen atoms in total. The highest BCUT2D eigenvalue weighted by Crippen LogP contribution is 2.23. The number of halogens is 1. The topological polar surface area (TPSA) is 58.2 Å². The van der Waals surface area contributed by atoms with Gasteiger partial charge in [0.2, 0.25) is 0 Å². The van der Waals surface area contributed by atoms with E-state index >= 15 is 0 Å². The first-order chi connectivity index (χ1) is 9.03. The molecule has 0 aromatic heterocycles. The highest BCUT2D eigenvalue weighted by Gasteiger charge is 2.17. The predicted molar refractivity (Wildman–Crippen MR) is 78.2 cm³/mol. The van der Waals surface area contributed by atoms with Gasteiger partial charge in [-0.3, -0.25) is 4.72 Å². The second-order valence-corrected chi connectivity index (χ2v) is 5.92. The lowest BCUT2D eigenvalue weighted by atomic mass is 10.3. The lowest BCUT2D eigenvalue weighted by Crippen LogP contribution is -2.13. The average Bonchev–Trinajstić information content (AvgIpc) is 2.39. The van der Waals surface area contributed by atoms with Crippen LogP contribution in [0.1, 0.15) is 0 Å². The van der Waals surface area contributed by atoms with Gasteiger partial charge in [0.15, 0.2) is 0 Å². The normalized spacial score (nSPS) is 11.1. The molecule has 0 atom stereocenters. The van der Waals surface area contributed by atoms with E-state index in [4.69, 9.17) is 11.6 Å². The van der Waals surface area contributed by atoms with Gasteiger partial charge in [-0.2, -0.15) is 0 Å². The van der Waals surface area contributed by atoms with Crippen LogP contribution in [0.2, 0.25) is 5.02 Å². The molecule has 0 saturated heterocycles. The summed E-state index contributed by atoms with van der Waals surface area (Å²) in [5, 5.41) is 3.16. The molecule has 0 aliphatic heterocycles. The van der Waals surface area contributed by atoms with Gasteiger partial charge in [0, 0.05) is 18.4 Å². The van der Waals surface area contributed by atoms with Gasteiger partial charge in [0.05, 0.1) is 5.02 Å². The summed E-state index contributed by atoms with van der Waals surface area (Å²) in [4.78, 5) is 0.0642. The van der Waals surface area contributed by atoms with Crippen molar-refractivity contribution in [3.63, 3.8) is 0 Å². The zero-order chi connectivity index (χ0) is 13.9. The Labute approximate surface area is 117 Å².